The van der Waals surface area contributed by atoms with Crippen LogP contribution in [0, 0.1) is 0 Å². The summed E-state index contributed by atoms with van der Waals surface area (Å²) < 4.78 is 6.90. The van der Waals surface area contributed by atoms with Crippen molar-refractivity contribution in [3.63, 3.8) is 0 Å². The lowest BCUT2D eigenvalue weighted by Gasteiger charge is -2.09. The zero-order chi connectivity index (χ0) is 16.4. The highest BCUT2D eigenvalue weighted by molar-refractivity contribution is 9.10. The predicted octanol–water partition coefficient (Wildman–Crippen LogP) is 3.61. The zero-order valence-corrected chi connectivity index (χ0v) is 14.5. The first-order chi connectivity index (χ1) is 11.1. The Labute approximate surface area is 144 Å². The van der Waals surface area contributed by atoms with Gasteiger partial charge in [0.05, 0.1) is 22.9 Å². The molecule has 8 heteroatoms. The van der Waals surface area contributed by atoms with Crippen LogP contribution in [-0.4, -0.2) is 18.0 Å². The number of halogens is 1. The molecule has 23 heavy (non-hydrogen) atoms. The van der Waals surface area contributed by atoms with Crippen LogP contribution in [0.2, 0.25) is 0 Å². The minimum absolute atomic E-state index is 0.240. The summed E-state index contributed by atoms with van der Waals surface area (Å²) in [6, 6.07) is 10.7. The van der Waals surface area contributed by atoms with Gasteiger partial charge in [-0.2, -0.15) is 0 Å². The quantitative estimate of drug-likeness (QED) is 0.466. The predicted molar refractivity (Wildman–Crippen MR) is 96.1 cm³/mol. The number of hydrogen-bond donors (Lipinski definition) is 3. The fraction of sp³-hybridized carbons (Fsp3) is 0.0667. The lowest BCUT2D eigenvalue weighted by molar-refractivity contribution is 0.102. The fourth-order valence-electron chi connectivity index (χ4n) is 2.15. The maximum absolute atomic E-state index is 12.5. The normalized spacial score (nSPS) is 10.6. The maximum Gasteiger partial charge on any atom is 0.259 e. The van der Waals surface area contributed by atoms with E-state index in [9.17, 15) is 4.79 Å². The highest BCUT2D eigenvalue weighted by Gasteiger charge is 2.14. The number of aromatic nitrogens is 1. The minimum atomic E-state index is -0.240. The number of fused-ring (bicyclic) bond motifs is 1. The molecular formula is C15H13BrN4O2S. The summed E-state index contributed by atoms with van der Waals surface area (Å²) in [5.41, 5.74) is 4.45. The summed E-state index contributed by atoms with van der Waals surface area (Å²) >= 11 is 4.87. The largest absolute Gasteiger partial charge is 0.496 e. The van der Waals surface area contributed by atoms with Crippen LogP contribution in [0.4, 0.5) is 10.8 Å². The Morgan fingerprint density at radius 3 is 2.87 bits per heavy atom. The average molecular weight is 393 g/mol. The van der Waals surface area contributed by atoms with Crippen LogP contribution in [0.15, 0.2) is 40.9 Å². The fourth-order valence-corrected chi connectivity index (χ4v) is 3.68. The molecule has 1 heterocycles. The highest BCUT2D eigenvalue weighted by Crippen LogP contribution is 2.34. The number of nitrogens with one attached hydrogen (secondary N) is 2. The van der Waals surface area contributed by atoms with E-state index in [1.165, 1.54) is 18.4 Å². The molecule has 0 aliphatic carbocycles. The summed E-state index contributed by atoms with van der Waals surface area (Å²) in [5.74, 6) is 5.67. The van der Waals surface area contributed by atoms with Crippen molar-refractivity contribution in [3.8, 4) is 5.75 Å². The van der Waals surface area contributed by atoms with Gasteiger partial charge in [0, 0.05) is 10.2 Å². The smallest absolute Gasteiger partial charge is 0.259 e. The molecular weight excluding hydrogens is 380 g/mol. The van der Waals surface area contributed by atoms with Gasteiger partial charge in [-0.1, -0.05) is 23.5 Å². The summed E-state index contributed by atoms with van der Waals surface area (Å²) in [6.07, 6.45) is 0. The van der Waals surface area contributed by atoms with E-state index in [0.717, 1.165) is 14.7 Å². The van der Waals surface area contributed by atoms with Crippen molar-refractivity contribution in [2.75, 3.05) is 17.9 Å². The number of thiazole rings is 1. The number of rotatable bonds is 4. The van der Waals surface area contributed by atoms with Gasteiger partial charge in [0.2, 0.25) is 0 Å². The van der Waals surface area contributed by atoms with Gasteiger partial charge in [-0.25, -0.2) is 10.8 Å². The first-order valence-electron chi connectivity index (χ1n) is 6.63. The molecule has 3 aromatic rings. The molecule has 1 aromatic heterocycles. The number of nitrogens with two attached hydrogens (primary N) is 1. The summed E-state index contributed by atoms with van der Waals surface area (Å²) in [7, 11) is 1.54. The number of ether oxygens (including phenoxy) is 1. The molecule has 0 radical (unpaired) electrons. The lowest BCUT2D eigenvalue weighted by atomic mass is 10.2. The number of nitrogen functional groups attached to an aromatic ring is 1. The Bertz CT molecular complexity index is 881. The van der Waals surface area contributed by atoms with Crippen LogP contribution in [0.3, 0.4) is 0 Å². The van der Waals surface area contributed by atoms with Crippen molar-refractivity contribution in [2.24, 2.45) is 5.84 Å². The molecule has 1 amide bonds. The molecule has 6 nitrogen and oxygen atoms in total. The average Bonchev–Trinajstić information content (AvgIpc) is 2.98. The van der Waals surface area contributed by atoms with Crippen molar-refractivity contribution >= 4 is 54.2 Å². The van der Waals surface area contributed by atoms with E-state index in [2.05, 4.69) is 31.7 Å². The van der Waals surface area contributed by atoms with Gasteiger partial charge in [0.25, 0.3) is 5.91 Å². The third kappa shape index (κ3) is 3.14. The summed E-state index contributed by atoms with van der Waals surface area (Å²) in [4.78, 5) is 16.8. The third-order valence-electron chi connectivity index (χ3n) is 3.18. The van der Waals surface area contributed by atoms with Crippen LogP contribution >= 0.6 is 27.3 Å². The monoisotopic (exact) mass is 392 g/mol. The topological polar surface area (TPSA) is 89.3 Å². The molecule has 0 aliphatic rings. The van der Waals surface area contributed by atoms with Gasteiger partial charge in [-0.3, -0.25) is 10.2 Å². The van der Waals surface area contributed by atoms with Crippen molar-refractivity contribution in [3.05, 3.63) is 46.4 Å². The van der Waals surface area contributed by atoms with E-state index in [1.807, 2.05) is 12.1 Å². The van der Waals surface area contributed by atoms with E-state index in [-0.39, 0.29) is 5.91 Å². The standard InChI is InChI=1S/C15H13BrN4O2S/c1-22-11-5-3-2-4-9(11)14(21)18-8-6-10(16)13-12(7-8)23-15(19-13)20-17/h2-7H,17H2,1H3,(H,18,21)(H,19,20). The molecule has 0 fully saturated rings. The first-order valence-corrected chi connectivity index (χ1v) is 8.24. The molecule has 0 unspecified atom stereocenters. The zero-order valence-electron chi connectivity index (χ0n) is 12.1. The number of carbonyl (C=O) groups excluding carboxylic acids is 1. The maximum atomic E-state index is 12.5. The Kier molecular flexibility index (Phi) is 4.46. The Balaban J connectivity index is 1.93. The van der Waals surface area contributed by atoms with E-state index in [4.69, 9.17) is 10.6 Å². The number of benzene rings is 2. The molecule has 2 aromatic carbocycles. The van der Waals surface area contributed by atoms with Gasteiger partial charge >= 0.3 is 0 Å². The van der Waals surface area contributed by atoms with Gasteiger partial charge < -0.3 is 10.1 Å². The van der Waals surface area contributed by atoms with Crippen LogP contribution in [0.5, 0.6) is 5.75 Å². The lowest BCUT2D eigenvalue weighted by Crippen LogP contribution is -2.13. The van der Waals surface area contributed by atoms with Gasteiger partial charge in [0.15, 0.2) is 5.13 Å². The molecule has 0 bridgehead atoms. The first kappa shape index (κ1) is 15.7. The number of para-hydroxylation sites is 1. The molecule has 0 saturated heterocycles. The Morgan fingerprint density at radius 1 is 1.35 bits per heavy atom. The second-order valence-electron chi connectivity index (χ2n) is 4.62. The summed E-state index contributed by atoms with van der Waals surface area (Å²) in [6.45, 7) is 0. The van der Waals surface area contributed by atoms with Crippen LogP contribution in [0.25, 0.3) is 10.2 Å². The van der Waals surface area contributed by atoms with Crippen LogP contribution in [0.1, 0.15) is 10.4 Å². The van der Waals surface area contributed by atoms with Gasteiger partial charge in [-0.05, 0) is 40.2 Å². The Hall–Kier alpha value is -2.16. The van der Waals surface area contributed by atoms with E-state index >= 15 is 0 Å². The Morgan fingerprint density at radius 2 is 2.13 bits per heavy atom. The number of hydrogen-bond acceptors (Lipinski definition) is 6. The number of carbonyl (C=O) groups is 1. The van der Waals surface area contributed by atoms with Gasteiger partial charge in [0.1, 0.15) is 5.75 Å². The second-order valence-corrected chi connectivity index (χ2v) is 6.51. The summed E-state index contributed by atoms with van der Waals surface area (Å²) in [5, 5.41) is 3.48. The second kappa shape index (κ2) is 6.53. The number of methoxy groups -OCH3 is 1. The van der Waals surface area contributed by atoms with E-state index in [0.29, 0.717) is 22.1 Å². The molecule has 4 N–H and O–H groups in total. The van der Waals surface area contributed by atoms with E-state index < -0.39 is 0 Å². The van der Waals surface area contributed by atoms with Crippen molar-refractivity contribution in [1.82, 2.24) is 4.98 Å². The number of anilines is 2. The molecule has 118 valence electrons. The molecule has 0 saturated carbocycles. The van der Waals surface area contributed by atoms with Crippen molar-refractivity contribution in [1.29, 1.82) is 0 Å². The SMILES string of the molecule is COc1ccccc1C(=O)Nc1cc(Br)c2nc(NN)sc2c1. The molecule has 0 aliphatic heterocycles. The number of amides is 1. The highest BCUT2D eigenvalue weighted by atomic mass is 79.9. The van der Waals surface area contributed by atoms with E-state index in [1.54, 1.807) is 24.3 Å². The van der Waals surface area contributed by atoms with Crippen LogP contribution in [-0.2, 0) is 0 Å². The van der Waals surface area contributed by atoms with Crippen molar-refractivity contribution in [2.45, 2.75) is 0 Å². The number of hydrazine groups is 1. The molecule has 0 atom stereocenters. The van der Waals surface area contributed by atoms with Gasteiger partial charge in [-0.15, -0.1) is 0 Å². The third-order valence-corrected chi connectivity index (χ3v) is 4.72. The molecule has 0 spiro atoms. The van der Waals surface area contributed by atoms with Crippen molar-refractivity contribution < 1.29 is 9.53 Å². The number of nitrogens with zero attached hydrogens (tertiary/aromatic N) is 1. The minimum Gasteiger partial charge on any atom is -0.496 e. The van der Waals surface area contributed by atoms with Crippen LogP contribution < -0.4 is 21.3 Å². The molecule has 3 rings (SSSR count).